The molecule has 0 aromatic rings. The fourth-order valence-electron chi connectivity index (χ4n) is 6.73. The molecule has 0 radical (unpaired) electrons. The average Bonchev–Trinajstić information content (AvgIpc) is 3.34. The molecule has 0 saturated carbocycles. The van der Waals surface area contributed by atoms with Crippen LogP contribution in [-0.4, -0.2) is 37.2 Å². The van der Waals surface area contributed by atoms with E-state index in [0.717, 1.165) is 109 Å². The third kappa shape index (κ3) is 52.3. The molecule has 1 atom stereocenters. The molecule has 0 fully saturated rings. The van der Waals surface area contributed by atoms with Crippen molar-refractivity contribution in [2.24, 2.45) is 0 Å². The van der Waals surface area contributed by atoms with Crippen LogP contribution in [0.3, 0.4) is 0 Å². The molecule has 0 N–H and O–H groups in total. The summed E-state index contributed by atoms with van der Waals surface area (Å²) in [5.41, 5.74) is 0. The normalized spacial score (nSPS) is 13.3. The Morgan fingerprint density at radius 1 is 0.324 bits per heavy atom. The van der Waals surface area contributed by atoms with Gasteiger partial charge in [-0.1, -0.05) is 244 Å². The maximum Gasteiger partial charge on any atom is 0.306 e. The number of carbonyl (C=O) groups is 3. The third-order valence-electron chi connectivity index (χ3n) is 10.8. The highest BCUT2D eigenvalue weighted by molar-refractivity contribution is 5.71. The van der Waals surface area contributed by atoms with Crippen molar-refractivity contribution in [2.45, 2.75) is 213 Å². The second kappa shape index (κ2) is 54.9. The standard InChI is InChI=1S/C62H96O6/c1-4-7-10-13-16-19-22-25-28-30-32-34-37-40-43-46-49-52-55-61(64)67-58-59(57-66-60(63)54-51-48-45-42-39-36-33-27-24-21-18-15-12-9-6-3)68-62(65)56-53-50-47-44-41-38-35-31-29-26-23-20-17-14-11-8-5-2/h9-10,12-13,15-16,18-19,21-22,24-30,32-35,38,44,47,59H,4-8,11,14,17,20,23,31,36-37,39-43,45-46,48-58H2,1-3H3/b12-9-,13-10-,18-15-,19-16-,24-21-,25-22-,29-26-,30-28-,33-27-,34-32-,38-35-,47-44-. The van der Waals surface area contributed by atoms with Crippen LogP contribution in [-0.2, 0) is 28.6 Å². The number of esters is 3. The maximum absolute atomic E-state index is 12.8. The Labute approximate surface area is 417 Å². The van der Waals surface area contributed by atoms with E-state index < -0.39 is 6.10 Å². The van der Waals surface area contributed by atoms with Crippen LogP contribution in [0, 0.1) is 0 Å². The van der Waals surface area contributed by atoms with E-state index >= 15 is 0 Å². The smallest absolute Gasteiger partial charge is 0.306 e. The topological polar surface area (TPSA) is 78.9 Å². The highest BCUT2D eigenvalue weighted by atomic mass is 16.6. The molecule has 0 aromatic heterocycles. The predicted octanol–water partition coefficient (Wildman–Crippen LogP) is 18.0. The summed E-state index contributed by atoms with van der Waals surface area (Å²) in [5, 5.41) is 0. The molecule has 0 saturated heterocycles. The minimum atomic E-state index is -0.832. The molecule has 6 heteroatoms. The summed E-state index contributed by atoms with van der Waals surface area (Å²) in [6.45, 7) is 6.30. The van der Waals surface area contributed by atoms with Crippen LogP contribution in [0.2, 0.25) is 0 Å². The molecule has 0 rings (SSSR count). The first-order chi connectivity index (χ1) is 33.5. The first-order valence-electron chi connectivity index (χ1n) is 27.0. The fraction of sp³-hybridized carbons (Fsp3) is 0.565. The zero-order valence-electron chi connectivity index (χ0n) is 43.3. The Hall–Kier alpha value is -4.71. The molecule has 1 unspecified atom stereocenters. The van der Waals surface area contributed by atoms with Crippen molar-refractivity contribution in [1.82, 2.24) is 0 Å². The van der Waals surface area contributed by atoms with Crippen LogP contribution < -0.4 is 0 Å². The summed E-state index contributed by atoms with van der Waals surface area (Å²) in [6, 6.07) is 0. The van der Waals surface area contributed by atoms with Crippen LogP contribution in [0.5, 0.6) is 0 Å². The molecule has 0 aromatic carbocycles. The molecule has 6 nitrogen and oxygen atoms in total. The molecule has 68 heavy (non-hydrogen) atoms. The van der Waals surface area contributed by atoms with Gasteiger partial charge in [0.2, 0.25) is 0 Å². The van der Waals surface area contributed by atoms with Crippen LogP contribution in [0.4, 0.5) is 0 Å². The van der Waals surface area contributed by atoms with Crippen LogP contribution in [0.25, 0.3) is 0 Å². The van der Waals surface area contributed by atoms with E-state index in [4.69, 9.17) is 14.2 Å². The zero-order chi connectivity index (χ0) is 49.3. The Balaban J connectivity index is 4.60. The number of ether oxygens (including phenoxy) is 3. The summed E-state index contributed by atoms with van der Waals surface area (Å²) < 4.78 is 16.7. The van der Waals surface area contributed by atoms with Gasteiger partial charge in [-0.15, -0.1) is 0 Å². The molecule has 0 aliphatic rings. The first-order valence-corrected chi connectivity index (χ1v) is 27.0. The van der Waals surface area contributed by atoms with E-state index in [9.17, 15) is 14.4 Å². The Morgan fingerprint density at radius 3 is 1.13 bits per heavy atom. The summed E-state index contributed by atoms with van der Waals surface area (Å²) in [7, 11) is 0. The van der Waals surface area contributed by atoms with Gasteiger partial charge in [0.05, 0.1) is 0 Å². The lowest BCUT2D eigenvalue weighted by atomic mass is 10.1. The van der Waals surface area contributed by atoms with Gasteiger partial charge in [0.15, 0.2) is 6.10 Å². The molecular weight excluding hydrogens is 841 g/mol. The average molecular weight is 937 g/mol. The SMILES string of the molecule is CC\C=C/C=C\C=C/C=C\CCCCCCCC(=O)OCC(COC(=O)CCCCCCC\C=C/C=C\C=C/C=C\C=C/CCC)OC(=O)CCC/C=C\C/C=C\C/C=C\CCCCCCCC. The molecule has 0 aliphatic heterocycles. The number of allylic oxidation sites excluding steroid dienone is 24. The maximum atomic E-state index is 12.8. The van der Waals surface area contributed by atoms with E-state index in [1.807, 2.05) is 60.8 Å². The van der Waals surface area contributed by atoms with Crippen molar-refractivity contribution in [1.29, 1.82) is 0 Å². The van der Waals surface area contributed by atoms with E-state index in [-0.39, 0.29) is 37.5 Å². The highest BCUT2D eigenvalue weighted by Gasteiger charge is 2.19. The Kier molecular flexibility index (Phi) is 51.1. The van der Waals surface area contributed by atoms with Crippen LogP contribution in [0.15, 0.2) is 146 Å². The van der Waals surface area contributed by atoms with Gasteiger partial charge >= 0.3 is 17.9 Å². The highest BCUT2D eigenvalue weighted by Crippen LogP contribution is 2.12. The lowest BCUT2D eigenvalue weighted by Gasteiger charge is -2.18. The van der Waals surface area contributed by atoms with Gasteiger partial charge in [-0.3, -0.25) is 14.4 Å². The zero-order valence-corrected chi connectivity index (χ0v) is 43.3. The lowest BCUT2D eigenvalue weighted by Crippen LogP contribution is -2.30. The Morgan fingerprint density at radius 2 is 0.676 bits per heavy atom. The number of rotatable bonds is 46. The van der Waals surface area contributed by atoms with Gasteiger partial charge in [-0.05, 0) is 89.9 Å². The van der Waals surface area contributed by atoms with Crippen molar-refractivity contribution in [3.05, 3.63) is 146 Å². The molecular formula is C62H96O6. The molecule has 0 spiro atoms. The van der Waals surface area contributed by atoms with Crippen molar-refractivity contribution < 1.29 is 28.6 Å². The molecule has 0 aliphatic carbocycles. The van der Waals surface area contributed by atoms with Gasteiger partial charge in [0.1, 0.15) is 13.2 Å². The lowest BCUT2D eigenvalue weighted by molar-refractivity contribution is -0.167. The van der Waals surface area contributed by atoms with Gasteiger partial charge in [-0.2, -0.15) is 0 Å². The first kappa shape index (κ1) is 63.3. The number of unbranched alkanes of at least 4 members (excludes halogenated alkanes) is 18. The summed E-state index contributed by atoms with van der Waals surface area (Å²) >= 11 is 0. The molecule has 0 bridgehead atoms. The minimum Gasteiger partial charge on any atom is -0.462 e. The molecule has 0 heterocycles. The van der Waals surface area contributed by atoms with Crippen molar-refractivity contribution in [3.63, 3.8) is 0 Å². The number of carbonyl (C=O) groups excluding carboxylic acids is 3. The van der Waals surface area contributed by atoms with Gasteiger partial charge in [-0.25, -0.2) is 0 Å². The summed E-state index contributed by atoms with van der Waals surface area (Å²) in [6.07, 6.45) is 78.3. The fourth-order valence-corrected chi connectivity index (χ4v) is 6.73. The van der Waals surface area contributed by atoms with Gasteiger partial charge in [0, 0.05) is 19.3 Å². The summed E-state index contributed by atoms with van der Waals surface area (Å²) in [5.74, 6) is -1.03. The quantitative estimate of drug-likeness (QED) is 0.0199. The van der Waals surface area contributed by atoms with Crippen LogP contribution in [0.1, 0.15) is 207 Å². The monoisotopic (exact) mass is 937 g/mol. The molecule has 0 amide bonds. The third-order valence-corrected chi connectivity index (χ3v) is 10.8. The van der Waals surface area contributed by atoms with E-state index in [1.54, 1.807) is 0 Å². The number of hydrogen-bond acceptors (Lipinski definition) is 6. The molecule has 380 valence electrons. The second-order valence-corrected chi connectivity index (χ2v) is 17.3. The van der Waals surface area contributed by atoms with Crippen LogP contribution >= 0.6 is 0 Å². The number of hydrogen-bond donors (Lipinski definition) is 0. The second-order valence-electron chi connectivity index (χ2n) is 17.3. The van der Waals surface area contributed by atoms with E-state index in [1.165, 1.54) is 51.4 Å². The van der Waals surface area contributed by atoms with E-state index in [2.05, 4.69) is 106 Å². The predicted molar refractivity (Wildman–Crippen MR) is 292 cm³/mol. The largest absolute Gasteiger partial charge is 0.462 e. The summed E-state index contributed by atoms with van der Waals surface area (Å²) in [4.78, 5) is 38.1. The van der Waals surface area contributed by atoms with E-state index in [0.29, 0.717) is 19.3 Å². The van der Waals surface area contributed by atoms with Gasteiger partial charge < -0.3 is 14.2 Å². The van der Waals surface area contributed by atoms with Crippen molar-refractivity contribution in [2.75, 3.05) is 13.2 Å². The van der Waals surface area contributed by atoms with Crippen molar-refractivity contribution in [3.8, 4) is 0 Å². The minimum absolute atomic E-state index is 0.125. The van der Waals surface area contributed by atoms with Crippen molar-refractivity contribution >= 4 is 17.9 Å². The Bertz CT molecular complexity index is 1540. The van der Waals surface area contributed by atoms with Gasteiger partial charge in [0.25, 0.3) is 0 Å².